The molecule has 6 heteroatoms. The van der Waals surface area contributed by atoms with E-state index in [1.165, 1.54) is 36.4 Å². The zero-order chi connectivity index (χ0) is 16.0. The number of aliphatic hydroxyl groups is 1. The van der Waals surface area contributed by atoms with E-state index in [0.29, 0.717) is 5.56 Å². The highest BCUT2D eigenvalue weighted by atomic mass is 32.2. The lowest BCUT2D eigenvalue weighted by atomic mass is 10.1. The molecule has 0 aliphatic heterocycles. The Balaban J connectivity index is 2.02. The van der Waals surface area contributed by atoms with Gasteiger partial charge in [0, 0.05) is 5.92 Å². The Kier molecular flexibility index (Phi) is 3.55. The van der Waals surface area contributed by atoms with E-state index in [-0.39, 0.29) is 4.90 Å². The second-order valence-electron chi connectivity index (χ2n) is 5.58. The molecule has 2 aromatic carbocycles. The number of nitrogens with two attached hydrogens (primary N) is 1. The van der Waals surface area contributed by atoms with Crippen molar-refractivity contribution in [1.82, 2.24) is 0 Å². The molecule has 0 heterocycles. The van der Waals surface area contributed by atoms with Crippen LogP contribution in [0, 0.1) is 5.82 Å². The molecule has 1 saturated carbocycles. The van der Waals surface area contributed by atoms with Crippen molar-refractivity contribution in [2.45, 2.75) is 21.6 Å². The third kappa shape index (κ3) is 2.24. The summed E-state index contributed by atoms with van der Waals surface area (Å²) in [5.74, 6) is -0.957. The number of hydrogen-bond acceptors (Lipinski definition) is 4. The van der Waals surface area contributed by atoms with Gasteiger partial charge in [-0.1, -0.05) is 30.3 Å². The lowest BCUT2D eigenvalue weighted by Gasteiger charge is -2.08. The molecule has 0 saturated heterocycles. The van der Waals surface area contributed by atoms with E-state index in [0.717, 1.165) is 0 Å². The number of sulfone groups is 1. The maximum absolute atomic E-state index is 13.0. The molecule has 3 rings (SSSR count). The Morgan fingerprint density at radius 1 is 1.09 bits per heavy atom. The van der Waals surface area contributed by atoms with Crippen LogP contribution in [0.1, 0.15) is 11.5 Å². The van der Waals surface area contributed by atoms with Gasteiger partial charge in [-0.2, -0.15) is 0 Å². The monoisotopic (exact) mass is 321 g/mol. The molecule has 3 N–H and O–H groups in total. The van der Waals surface area contributed by atoms with Gasteiger partial charge in [-0.15, -0.1) is 0 Å². The third-order valence-corrected chi connectivity index (χ3v) is 6.52. The minimum Gasteiger partial charge on any atom is -0.394 e. The Labute approximate surface area is 128 Å². The summed E-state index contributed by atoms with van der Waals surface area (Å²) in [5.41, 5.74) is 5.47. The van der Waals surface area contributed by atoms with E-state index in [1.54, 1.807) is 18.2 Å². The van der Waals surface area contributed by atoms with Crippen LogP contribution < -0.4 is 5.73 Å². The summed E-state index contributed by atoms with van der Waals surface area (Å²) in [4.78, 5) is 0.174. The molecule has 22 heavy (non-hydrogen) atoms. The summed E-state index contributed by atoms with van der Waals surface area (Å²) in [6, 6.07) is 13.6. The van der Waals surface area contributed by atoms with Crippen LogP contribution in [0.25, 0.3) is 0 Å². The highest BCUT2D eigenvalue weighted by Gasteiger charge is 2.69. The topological polar surface area (TPSA) is 80.4 Å². The number of benzene rings is 2. The molecular formula is C16H16FNO3S. The molecule has 2 aromatic rings. The SMILES string of the molecule is N[C@]1(CO)[C@H](c2ccc(F)cc2)[C@H]1S(=O)(=O)c1ccccc1. The first-order valence-electron chi connectivity index (χ1n) is 6.85. The van der Waals surface area contributed by atoms with Crippen LogP contribution in [0.4, 0.5) is 4.39 Å². The Morgan fingerprint density at radius 3 is 2.23 bits per heavy atom. The molecule has 3 atom stereocenters. The smallest absolute Gasteiger partial charge is 0.183 e. The molecule has 0 bridgehead atoms. The van der Waals surface area contributed by atoms with Gasteiger partial charge in [-0.25, -0.2) is 12.8 Å². The first-order valence-corrected chi connectivity index (χ1v) is 8.40. The molecule has 0 amide bonds. The zero-order valence-electron chi connectivity index (χ0n) is 11.7. The molecule has 1 fully saturated rings. The van der Waals surface area contributed by atoms with Crippen LogP contribution in [0.5, 0.6) is 0 Å². The minimum atomic E-state index is -3.67. The normalized spacial score (nSPS) is 27.6. The van der Waals surface area contributed by atoms with Gasteiger partial charge >= 0.3 is 0 Å². The lowest BCUT2D eigenvalue weighted by Crippen LogP contribution is -2.35. The van der Waals surface area contributed by atoms with Crippen LogP contribution in [0.2, 0.25) is 0 Å². The molecule has 0 unspecified atom stereocenters. The summed E-state index contributed by atoms with van der Waals surface area (Å²) in [6.45, 7) is -0.453. The fraction of sp³-hybridized carbons (Fsp3) is 0.250. The molecule has 0 aromatic heterocycles. The zero-order valence-corrected chi connectivity index (χ0v) is 12.5. The molecule has 4 nitrogen and oxygen atoms in total. The molecule has 1 aliphatic rings. The highest BCUT2D eigenvalue weighted by molar-refractivity contribution is 7.92. The van der Waals surface area contributed by atoms with Gasteiger partial charge in [0.1, 0.15) is 5.82 Å². The van der Waals surface area contributed by atoms with Crippen molar-refractivity contribution in [3.05, 3.63) is 66.0 Å². The Morgan fingerprint density at radius 2 is 1.68 bits per heavy atom. The maximum atomic E-state index is 13.0. The quantitative estimate of drug-likeness (QED) is 0.893. The van der Waals surface area contributed by atoms with Crippen molar-refractivity contribution in [3.63, 3.8) is 0 Å². The van der Waals surface area contributed by atoms with E-state index >= 15 is 0 Å². The predicted octanol–water partition coefficient (Wildman–Crippen LogP) is 1.46. The van der Waals surface area contributed by atoms with Crippen LogP contribution in [0.15, 0.2) is 59.5 Å². The first kappa shape index (κ1) is 15.1. The number of aliphatic hydroxyl groups excluding tert-OH is 1. The molecule has 0 spiro atoms. The van der Waals surface area contributed by atoms with Crippen molar-refractivity contribution in [2.75, 3.05) is 6.61 Å². The summed E-state index contributed by atoms with van der Waals surface area (Å²) >= 11 is 0. The summed E-state index contributed by atoms with van der Waals surface area (Å²) in [5, 5.41) is 8.65. The summed E-state index contributed by atoms with van der Waals surface area (Å²) in [7, 11) is -3.67. The van der Waals surface area contributed by atoms with Crippen LogP contribution in [0.3, 0.4) is 0 Å². The van der Waals surface area contributed by atoms with Crippen molar-refractivity contribution in [3.8, 4) is 0 Å². The first-order chi connectivity index (χ1) is 10.4. The largest absolute Gasteiger partial charge is 0.394 e. The van der Waals surface area contributed by atoms with Gasteiger partial charge in [0.25, 0.3) is 0 Å². The average Bonchev–Trinajstić information content (AvgIpc) is 3.17. The van der Waals surface area contributed by atoms with Crippen LogP contribution in [-0.4, -0.2) is 30.9 Å². The van der Waals surface area contributed by atoms with E-state index in [1.807, 2.05) is 0 Å². The van der Waals surface area contributed by atoms with Gasteiger partial charge in [-0.3, -0.25) is 0 Å². The van der Waals surface area contributed by atoms with E-state index in [2.05, 4.69) is 0 Å². The van der Waals surface area contributed by atoms with Gasteiger partial charge in [0.15, 0.2) is 9.84 Å². The maximum Gasteiger partial charge on any atom is 0.183 e. The van der Waals surface area contributed by atoms with E-state index < -0.39 is 39.0 Å². The Bertz CT molecular complexity index is 777. The number of rotatable bonds is 4. The third-order valence-electron chi connectivity index (χ3n) is 4.21. The van der Waals surface area contributed by atoms with Gasteiger partial charge < -0.3 is 10.8 Å². The average molecular weight is 321 g/mol. The summed E-state index contributed by atoms with van der Waals surface area (Å²) < 4.78 is 38.6. The number of hydrogen-bond donors (Lipinski definition) is 2. The molecular weight excluding hydrogens is 305 g/mol. The van der Waals surface area contributed by atoms with Crippen molar-refractivity contribution in [2.24, 2.45) is 5.73 Å². The van der Waals surface area contributed by atoms with Crippen molar-refractivity contribution < 1.29 is 17.9 Å². The van der Waals surface area contributed by atoms with Crippen molar-refractivity contribution >= 4 is 9.84 Å². The second kappa shape index (κ2) is 5.15. The van der Waals surface area contributed by atoms with Gasteiger partial charge in [0.05, 0.1) is 22.3 Å². The van der Waals surface area contributed by atoms with Crippen LogP contribution >= 0.6 is 0 Å². The fourth-order valence-corrected chi connectivity index (χ4v) is 5.31. The highest BCUT2D eigenvalue weighted by Crippen LogP contribution is 2.55. The standard InChI is InChI=1S/C16H16FNO3S/c17-12-8-6-11(7-9-12)14-15(16(14,18)10-19)22(20,21)13-4-2-1-3-5-13/h1-9,14-15,19H,10,18H2/t14-,15-,16-/m1/s1. The minimum absolute atomic E-state index is 0.174. The number of halogens is 1. The lowest BCUT2D eigenvalue weighted by molar-refractivity contribution is 0.253. The fourth-order valence-electron chi connectivity index (χ4n) is 2.99. The van der Waals surface area contributed by atoms with Crippen LogP contribution in [-0.2, 0) is 9.84 Å². The molecule has 0 radical (unpaired) electrons. The second-order valence-corrected chi connectivity index (χ2v) is 7.65. The van der Waals surface area contributed by atoms with Gasteiger partial charge in [-0.05, 0) is 29.8 Å². The van der Waals surface area contributed by atoms with E-state index in [9.17, 15) is 17.9 Å². The Hall–Kier alpha value is -1.76. The molecule has 116 valence electrons. The van der Waals surface area contributed by atoms with Crippen molar-refractivity contribution in [1.29, 1.82) is 0 Å². The van der Waals surface area contributed by atoms with Gasteiger partial charge in [0.2, 0.25) is 0 Å². The summed E-state index contributed by atoms with van der Waals surface area (Å²) in [6.07, 6.45) is 0. The van der Waals surface area contributed by atoms with E-state index in [4.69, 9.17) is 5.73 Å². The molecule has 1 aliphatic carbocycles. The predicted molar refractivity (Wildman–Crippen MR) is 80.6 cm³/mol.